The van der Waals surface area contributed by atoms with E-state index in [1.54, 1.807) is 0 Å². The first kappa shape index (κ1) is 16.7. The molecule has 0 fully saturated rings. The molecule has 0 bridgehead atoms. The van der Waals surface area contributed by atoms with E-state index >= 15 is 0 Å². The fraction of sp³-hybridized carbons (Fsp3) is 0.867. The van der Waals surface area contributed by atoms with Crippen molar-refractivity contribution in [3.05, 3.63) is 12.7 Å². The Hall–Kier alpha value is -0.340. The highest BCUT2D eigenvalue weighted by atomic mass is 16.5. The Labute approximate surface area is 107 Å². The number of ether oxygens (including phenoxy) is 2. The lowest BCUT2D eigenvalue weighted by atomic mass is 9.93. The molecule has 0 heterocycles. The first-order chi connectivity index (χ1) is 7.85. The van der Waals surface area contributed by atoms with Crippen LogP contribution in [0.3, 0.4) is 0 Å². The Morgan fingerprint density at radius 1 is 1.24 bits per heavy atom. The standard InChI is InChI=1S/C15H30O2/c1-8-11-14(17-15(5,6)7)12(4)13(9-2)16-10-3/h9,12-14H,2,8,10-11H2,1,3-7H3/t12-,13+,14-/m0/s1. The highest BCUT2D eigenvalue weighted by Crippen LogP contribution is 2.24. The average molecular weight is 242 g/mol. The summed E-state index contributed by atoms with van der Waals surface area (Å²) in [6, 6.07) is 0. The molecule has 0 saturated heterocycles. The van der Waals surface area contributed by atoms with E-state index in [4.69, 9.17) is 9.47 Å². The van der Waals surface area contributed by atoms with Crippen LogP contribution in [0.15, 0.2) is 12.7 Å². The zero-order chi connectivity index (χ0) is 13.5. The summed E-state index contributed by atoms with van der Waals surface area (Å²) in [5.41, 5.74) is -0.105. The molecule has 0 radical (unpaired) electrons. The maximum Gasteiger partial charge on any atom is 0.0803 e. The van der Waals surface area contributed by atoms with Crippen LogP contribution >= 0.6 is 0 Å². The third-order valence-corrected chi connectivity index (χ3v) is 2.77. The molecule has 17 heavy (non-hydrogen) atoms. The van der Waals surface area contributed by atoms with E-state index < -0.39 is 0 Å². The van der Waals surface area contributed by atoms with Gasteiger partial charge in [0, 0.05) is 12.5 Å². The van der Waals surface area contributed by atoms with Crippen molar-refractivity contribution in [3.63, 3.8) is 0 Å². The van der Waals surface area contributed by atoms with Crippen LogP contribution in [-0.4, -0.2) is 24.4 Å². The fourth-order valence-corrected chi connectivity index (χ4v) is 2.01. The summed E-state index contributed by atoms with van der Waals surface area (Å²) >= 11 is 0. The maximum atomic E-state index is 6.14. The van der Waals surface area contributed by atoms with Crippen LogP contribution in [-0.2, 0) is 9.47 Å². The zero-order valence-corrected chi connectivity index (χ0v) is 12.5. The molecule has 0 N–H and O–H groups in total. The van der Waals surface area contributed by atoms with Crippen LogP contribution in [0.4, 0.5) is 0 Å². The molecule has 0 aromatic carbocycles. The summed E-state index contributed by atoms with van der Waals surface area (Å²) in [6.45, 7) is 17.3. The van der Waals surface area contributed by atoms with Crippen LogP contribution in [0.5, 0.6) is 0 Å². The van der Waals surface area contributed by atoms with Crippen molar-refractivity contribution < 1.29 is 9.47 Å². The van der Waals surface area contributed by atoms with Gasteiger partial charge in [-0.3, -0.25) is 0 Å². The lowest BCUT2D eigenvalue weighted by Gasteiger charge is -2.34. The number of rotatable bonds is 8. The molecule has 2 nitrogen and oxygen atoms in total. The highest BCUT2D eigenvalue weighted by Gasteiger charge is 2.28. The largest absolute Gasteiger partial charge is 0.374 e. The Balaban J connectivity index is 4.60. The molecule has 0 aromatic heterocycles. The van der Waals surface area contributed by atoms with E-state index in [1.165, 1.54) is 0 Å². The van der Waals surface area contributed by atoms with Crippen LogP contribution in [0.25, 0.3) is 0 Å². The molecule has 0 aliphatic carbocycles. The van der Waals surface area contributed by atoms with Gasteiger partial charge in [0.25, 0.3) is 0 Å². The second-order valence-electron chi connectivity index (χ2n) is 5.57. The smallest absolute Gasteiger partial charge is 0.0803 e. The van der Waals surface area contributed by atoms with Gasteiger partial charge in [-0.2, -0.15) is 0 Å². The highest BCUT2D eigenvalue weighted by molar-refractivity contribution is 4.88. The van der Waals surface area contributed by atoms with E-state index in [2.05, 4.69) is 41.2 Å². The van der Waals surface area contributed by atoms with Gasteiger partial charge >= 0.3 is 0 Å². The predicted molar refractivity (Wildman–Crippen MR) is 74.3 cm³/mol. The van der Waals surface area contributed by atoms with Crippen LogP contribution in [0, 0.1) is 5.92 Å². The second kappa shape index (κ2) is 7.88. The molecule has 102 valence electrons. The van der Waals surface area contributed by atoms with E-state index in [0.717, 1.165) is 19.4 Å². The van der Waals surface area contributed by atoms with Crippen LogP contribution in [0.2, 0.25) is 0 Å². The molecule has 0 unspecified atom stereocenters. The van der Waals surface area contributed by atoms with Crippen molar-refractivity contribution in [2.75, 3.05) is 6.61 Å². The van der Waals surface area contributed by atoms with Gasteiger partial charge in [-0.05, 0) is 34.1 Å². The molecular weight excluding hydrogens is 212 g/mol. The Morgan fingerprint density at radius 2 is 1.82 bits per heavy atom. The third kappa shape index (κ3) is 6.85. The van der Waals surface area contributed by atoms with Crippen molar-refractivity contribution in [2.24, 2.45) is 5.92 Å². The summed E-state index contributed by atoms with van der Waals surface area (Å²) in [5, 5.41) is 0. The van der Waals surface area contributed by atoms with Crippen LogP contribution < -0.4 is 0 Å². The summed E-state index contributed by atoms with van der Waals surface area (Å²) < 4.78 is 11.8. The van der Waals surface area contributed by atoms with Crippen molar-refractivity contribution in [2.45, 2.75) is 72.2 Å². The topological polar surface area (TPSA) is 18.5 Å². The first-order valence-electron chi connectivity index (χ1n) is 6.77. The van der Waals surface area contributed by atoms with E-state index in [-0.39, 0.29) is 17.8 Å². The summed E-state index contributed by atoms with van der Waals surface area (Å²) in [7, 11) is 0. The lowest BCUT2D eigenvalue weighted by Crippen LogP contribution is -2.37. The Bertz CT molecular complexity index is 205. The van der Waals surface area contributed by atoms with Crippen molar-refractivity contribution in [1.29, 1.82) is 0 Å². The van der Waals surface area contributed by atoms with Gasteiger partial charge in [0.1, 0.15) is 0 Å². The van der Waals surface area contributed by atoms with Gasteiger partial charge in [-0.1, -0.05) is 26.3 Å². The van der Waals surface area contributed by atoms with E-state index in [9.17, 15) is 0 Å². The van der Waals surface area contributed by atoms with E-state index in [0.29, 0.717) is 5.92 Å². The molecule has 0 aliphatic rings. The van der Waals surface area contributed by atoms with Crippen LogP contribution in [0.1, 0.15) is 54.4 Å². The minimum absolute atomic E-state index is 0.0823. The minimum Gasteiger partial charge on any atom is -0.374 e. The maximum absolute atomic E-state index is 6.14. The third-order valence-electron chi connectivity index (χ3n) is 2.77. The molecule has 0 aromatic rings. The second-order valence-corrected chi connectivity index (χ2v) is 5.57. The molecule has 2 heteroatoms. The molecular formula is C15H30O2. The zero-order valence-electron chi connectivity index (χ0n) is 12.5. The summed E-state index contributed by atoms with van der Waals surface area (Å²) in [4.78, 5) is 0. The normalized spacial score (nSPS) is 17.5. The summed E-state index contributed by atoms with van der Waals surface area (Å²) in [6.07, 6.45) is 4.40. The first-order valence-corrected chi connectivity index (χ1v) is 6.77. The molecule has 0 amide bonds. The molecule has 0 spiro atoms. The van der Waals surface area contributed by atoms with E-state index in [1.807, 2.05) is 13.0 Å². The molecule has 0 rings (SSSR count). The minimum atomic E-state index is -0.105. The van der Waals surface area contributed by atoms with Gasteiger partial charge in [0.2, 0.25) is 0 Å². The molecule has 0 aliphatic heterocycles. The Kier molecular flexibility index (Phi) is 7.73. The van der Waals surface area contributed by atoms with Gasteiger partial charge < -0.3 is 9.47 Å². The fourth-order valence-electron chi connectivity index (χ4n) is 2.01. The Morgan fingerprint density at radius 3 is 2.18 bits per heavy atom. The molecule has 0 saturated carbocycles. The van der Waals surface area contributed by atoms with Gasteiger partial charge in [-0.15, -0.1) is 6.58 Å². The van der Waals surface area contributed by atoms with Crippen molar-refractivity contribution >= 4 is 0 Å². The predicted octanol–water partition coefficient (Wildman–Crippen LogP) is 4.20. The monoisotopic (exact) mass is 242 g/mol. The van der Waals surface area contributed by atoms with Gasteiger partial charge in [-0.25, -0.2) is 0 Å². The lowest BCUT2D eigenvalue weighted by molar-refractivity contribution is -0.108. The quantitative estimate of drug-likeness (QED) is 0.594. The van der Waals surface area contributed by atoms with Crippen molar-refractivity contribution in [3.8, 4) is 0 Å². The summed E-state index contributed by atoms with van der Waals surface area (Å²) in [5.74, 6) is 0.339. The van der Waals surface area contributed by atoms with Gasteiger partial charge in [0.15, 0.2) is 0 Å². The molecule has 3 atom stereocenters. The van der Waals surface area contributed by atoms with Gasteiger partial charge in [0.05, 0.1) is 17.8 Å². The van der Waals surface area contributed by atoms with Crippen molar-refractivity contribution in [1.82, 2.24) is 0 Å². The average Bonchev–Trinajstić information content (AvgIpc) is 2.22. The number of hydrogen-bond donors (Lipinski definition) is 0. The number of hydrogen-bond acceptors (Lipinski definition) is 2. The SMILES string of the molecule is C=C[C@@H](OCC)[C@H](C)[C@H](CCC)OC(C)(C)C.